The van der Waals surface area contributed by atoms with E-state index >= 15 is 0 Å². The summed E-state index contributed by atoms with van der Waals surface area (Å²) in [6.07, 6.45) is 0.566. The average molecular weight is 345 g/mol. The first-order chi connectivity index (χ1) is 10.5. The van der Waals surface area contributed by atoms with Crippen molar-refractivity contribution in [3.63, 3.8) is 0 Å². The van der Waals surface area contributed by atoms with E-state index in [1.807, 2.05) is 0 Å². The number of nitrogens with zero attached hydrogens (tertiary/aromatic N) is 2. The SMILES string of the molecule is CC1CC(C)CN(CC(O)COc2ccccc2[N+](=O)[O-])C1.Cl. The van der Waals surface area contributed by atoms with Crippen LogP contribution in [-0.2, 0) is 0 Å². The molecular formula is C16H25ClN2O4. The predicted molar refractivity (Wildman–Crippen MR) is 91.2 cm³/mol. The molecule has 130 valence electrons. The molecule has 7 heteroatoms. The zero-order chi connectivity index (χ0) is 16.1. The number of likely N-dealkylation sites (tertiary alicyclic amines) is 1. The number of para-hydroxylation sites is 2. The van der Waals surface area contributed by atoms with E-state index in [0.29, 0.717) is 18.4 Å². The van der Waals surface area contributed by atoms with Gasteiger partial charge in [-0.15, -0.1) is 12.4 Å². The molecule has 1 aliphatic heterocycles. The highest BCUT2D eigenvalue weighted by atomic mass is 35.5. The van der Waals surface area contributed by atoms with Crippen molar-refractivity contribution < 1.29 is 14.8 Å². The van der Waals surface area contributed by atoms with Crippen LogP contribution in [0.3, 0.4) is 0 Å². The number of nitro benzene ring substituents is 1. The van der Waals surface area contributed by atoms with E-state index in [2.05, 4.69) is 18.7 Å². The van der Waals surface area contributed by atoms with Crippen LogP contribution in [0.2, 0.25) is 0 Å². The van der Waals surface area contributed by atoms with Crippen molar-refractivity contribution in [3.05, 3.63) is 34.4 Å². The molecule has 0 aliphatic carbocycles. The maximum absolute atomic E-state index is 10.9. The molecule has 1 aliphatic rings. The first-order valence-corrected chi connectivity index (χ1v) is 7.72. The van der Waals surface area contributed by atoms with Crippen molar-refractivity contribution in [2.45, 2.75) is 26.4 Å². The Morgan fingerprint density at radius 1 is 1.35 bits per heavy atom. The number of aliphatic hydroxyl groups is 1. The molecule has 3 unspecified atom stereocenters. The van der Waals surface area contributed by atoms with E-state index in [1.165, 1.54) is 12.5 Å². The molecule has 1 fully saturated rings. The van der Waals surface area contributed by atoms with E-state index < -0.39 is 11.0 Å². The zero-order valence-corrected chi connectivity index (χ0v) is 14.4. The molecule has 0 saturated carbocycles. The van der Waals surface area contributed by atoms with E-state index in [1.54, 1.807) is 18.2 Å². The van der Waals surface area contributed by atoms with E-state index in [9.17, 15) is 15.2 Å². The Balaban J connectivity index is 0.00000264. The predicted octanol–water partition coefficient (Wildman–Crippen LogP) is 2.73. The third-order valence-corrected chi connectivity index (χ3v) is 3.91. The quantitative estimate of drug-likeness (QED) is 0.634. The third kappa shape index (κ3) is 5.97. The summed E-state index contributed by atoms with van der Waals surface area (Å²) in [7, 11) is 0. The fraction of sp³-hybridized carbons (Fsp3) is 0.625. The smallest absolute Gasteiger partial charge is 0.310 e. The number of aliphatic hydroxyl groups excluding tert-OH is 1. The number of rotatable bonds is 6. The molecule has 0 spiro atoms. The minimum atomic E-state index is -0.655. The minimum absolute atomic E-state index is 0. The Morgan fingerprint density at radius 3 is 2.57 bits per heavy atom. The van der Waals surface area contributed by atoms with Crippen molar-refractivity contribution in [1.29, 1.82) is 0 Å². The average Bonchev–Trinajstić information content (AvgIpc) is 2.44. The highest BCUT2D eigenvalue weighted by Crippen LogP contribution is 2.26. The molecule has 23 heavy (non-hydrogen) atoms. The lowest BCUT2D eigenvalue weighted by atomic mass is 9.92. The number of piperidine rings is 1. The van der Waals surface area contributed by atoms with E-state index in [0.717, 1.165) is 13.1 Å². The molecule has 2 rings (SSSR count). The monoisotopic (exact) mass is 344 g/mol. The second-order valence-electron chi connectivity index (χ2n) is 6.35. The molecule has 3 atom stereocenters. The molecule has 1 aromatic carbocycles. The van der Waals surface area contributed by atoms with Crippen molar-refractivity contribution in [2.24, 2.45) is 11.8 Å². The molecular weight excluding hydrogens is 320 g/mol. The van der Waals surface area contributed by atoms with Gasteiger partial charge in [-0.05, 0) is 24.3 Å². The van der Waals surface area contributed by atoms with Crippen LogP contribution >= 0.6 is 12.4 Å². The minimum Gasteiger partial charge on any atom is -0.484 e. The van der Waals surface area contributed by atoms with Crippen molar-refractivity contribution in [1.82, 2.24) is 4.90 Å². The summed E-state index contributed by atoms with van der Waals surface area (Å²) in [5.74, 6) is 1.46. The Hall–Kier alpha value is -1.37. The fourth-order valence-corrected chi connectivity index (χ4v) is 3.21. The third-order valence-electron chi connectivity index (χ3n) is 3.91. The van der Waals surface area contributed by atoms with Gasteiger partial charge < -0.3 is 14.7 Å². The number of halogens is 1. The number of hydrogen-bond acceptors (Lipinski definition) is 5. The molecule has 0 aromatic heterocycles. The van der Waals surface area contributed by atoms with Crippen LogP contribution < -0.4 is 4.74 Å². The van der Waals surface area contributed by atoms with Gasteiger partial charge in [0.1, 0.15) is 12.7 Å². The van der Waals surface area contributed by atoms with Gasteiger partial charge in [0.25, 0.3) is 0 Å². The van der Waals surface area contributed by atoms with Gasteiger partial charge in [0, 0.05) is 25.7 Å². The largest absolute Gasteiger partial charge is 0.484 e. The second-order valence-corrected chi connectivity index (χ2v) is 6.35. The van der Waals surface area contributed by atoms with E-state index in [4.69, 9.17) is 4.74 Å². The molecule has 0 bridgehead atoms. The summed E-state index contributed by atoms with van der Waals surface area (Å²) >= 11 is 0. The second kappa shape index (κ2) is 9.05. The summed E-state index contributed by atoms with van der Waals surface area (Å²) in [6, 6.07) is 6.23. The van der Waals surface area contributed by atoms with Crippen molar-refractivity contribution in [2.75, 3.05) is 26.2 Å². The number of hydrogen-bond donors (Lipinski definition) is 1. The van der Waals surface area contributed by atoms with Gasteiger partial charge in [-0.3, -0.25) is 10.1 Å². The van der Waals surface area contributed by atoms with Crippen LogP contribution in [0.5, 0.6) is 5.75 Å². The van der Waals surface area contributed by atoms with Gasteiger partial charge in [-0.2, -0.15) is 0 Å². The fourth-order valence-electron chi connectivity index (χ4n) is 3.21. The topological polar surface area (TPSA) is 75.8 Å². The molecule has 1 heterocycles. The summed E-state index contributed by atoms with van der Waals surface area (Å²) in [4.78, 5) is 12.7. The van der Waals surface area contributed by atoms with Crippen LogP contribution in [0, 0.1) is 22.0 Å². The lowest BCUT2D eigenvalue weighted by molar-refractivity contribution is -0.385. The van der Waals surface area contributed by atoms with Gasteiger partial charge in [-0.1, -0.05) is 26.0 Å². The maximum Gasteiger partial charge on any atom is 0.310 e. The van der Waals surface area contributed by atoms with Gasteiger partial charge in [0.2, 0.25) is 0 Å². The molecule has 1 saturated heterocycles. The Morgan fingerprint density at radius 2 is 1.96 bits per heavy atom. The summed E-state index contributed by atoms with van der Waals surface area (Å²) < 4.78 is 5.44. The van der Waals surface area contributed by atoms with Crippen molar-refractivity contribution in [3.8, 4) is 5.75 Å². The zero-order valence-electron chi connectivity index (χ0n) is 13.6. The van der Waals surface area contributed by atoms with Crippen molar-refractivity contribution >= 4 is 18.1 Å². The molecule has 6 nitrogen and oxygen atoms in total. The van der Waals surface area contributed by atoms with Crippen LogP contribution in [-0.4, -0.2) is 47.3 Å². The summed E-state index contributed by atoms with van der Waals surface area (Å²) in [5, 5.41) is 21.0. The van der Waals surface area contributed by atoms with Crippen LogP contribution in [0.1, 0.15) is 20.3 Å². The number of benzene rings is 1. The summed E-state index contributed by atoms with van der Waals surface area (Å²) in [6.45, 7) is 7.00. The van der Waals surface area contributed by atoms with Gasteiger partial charge in [-0.25, -0.2) is 0 Å². The van der Waals surface area contributed by atoms with Crippen LogP contribution in [0.4, 0.5) is 5.69 Å². The number of β-amino-alcohol motifs (C(OH)–C–C–N with tert-alkyl or cyclic N) is 1. The molecule has 0 radical (unpaired) electrons. The highest BCUT2D eigenvalue weighted by Gasteiger charge is 2.24. The van der Waals surface area contributed by atoms with E-state index in [-0.39, 0.29) is 30.5 Å². The first kappa shape index (κ1) is 19.7. The molecule has 0 amide bonds. The number of nitro groups is 1. The van der Waals surface area contributed by atoms with Gasteiger partial charge in [0.15, 0.2) is 5.75 Å². The lowest BCUT2D eigenvalue weighted by Crippen LogP contribution is -2.44. The Kier molecular flexibility index (Phi) is 7.75. The summed E-state index contributed by atoms with van der Waals surface area (Å²) in [5.41, 5.74) is -0.0742. The lowest BCUT2D eigenvalue weighted by Gasteiger charge is -2.35. The normalized spacial score (nSPS) is 22.9. The Bertz CT molecular complexity index is 505. The number of ether oxygens (including phenoxy) is 1. The molecule has 1 aromatic rings. The van der Waals surface area contributed by atoms with Crippen LogP contribution in [0.15, 0.2) is 24.3 Å². The Labute approximate surface area is 143 Å². The highest BCUT2D eigenvalue weighted by molar-refractivity contribution is 5.85. The molecule has 1 N–H and O–H groups in total. The maximum atomic E-state index is 10.9. The first-order valence-electron chi connectivity index (χ1n) is 7.72. The standard InChI is InChI=1S/C16H24N2O4.ClH/c1-12-7-13(2)9-17(8-12)10-14(19)11-22-16-6-4-3-5-15(16)18(20)21;/h3-6,12-14,19H,7-11H2,1-2H3;1H. The van der Waals surface area contributed by atoms with Gasteiger partial charge >= 0.3 is 5.69 Å². The van der Waals surface area contributed by atoms with Gasteiger partial charge in [0.05, 0.1) is 4.92 Å². The van der Waals surface area contributed by atoms with Crippen LogP contribution in [0.25, 0.3) is 0 Å².